The van der Waals surface area contributed by atoms with Crippen molar-refractivity contribution in [3.8, 4) is 5.75 Å². The van der Waals surface area contributed by atoms with E-state index in [9.17, 15) is 23.5 Å². The maximum atomic E-state index is 13.8. The van der Waals surface area contributed by atoms with Gasteiger partial charge in [-0.2, -0.15) is 0 Å². The Hall–Kier alpha value is -3.78. The summed E-state index contributed by atoms with van der Waals surface area (Å²) >= 11 is 0. The number of carboxylic acids is 1. The van der Waals surface area contributed by atoms with Crippen LogP contribution in [0.2, 0.25) is 0 Å². The highest BCUT2D eigenvalue weighted by Crippen LogP contribution is 2.42. The fourth-order valence-corrected chi connectivity index (χ4v) is 4.86. The fraction of sp³-hybridized carbons (Fsp3) is 0.310. The molecule has 8 heteroatoms. The van der Waals surface area contributed by atoms with E-state index in [1.165, 1.54) is 4.90 Å². The third kappa shape index (κ3) is 5.49. The average Bonchev–Trinajstić information content (AvgIpc) is 2.89. The smallest absolute Gasteiger partial charge is 0.326 e. The van der Waals surface area contributed by atoms with E-state index in [2.05, 4.69) is 0 Å². The molecule has 0 bridgehead atoms. The molecule has 0 spiro atoms. The molecule has 0 unspecified atom stereocenters. The van der Waals surface area contributed by atoms with Gasteiger partial charge < -0.3 is 19.5 Å². The van der Waals surface area contributed by atoms with Crippen LogP contribution in [0.5, 0.6) is 5.75 Å². The van der Waals surface area contributed by atoms with Gasteiger partial charge in [0.1, 0.15) is 18.4 Å². The zero-order valence-corrected chi connectivity index (χ0v) is 20.1. The van der Waals surface area contributed by atoms with E-state index in [0.29, 0.717) is 17.9 Å². The molecule has 1 amide bonds. The molecule has 1 aliphatic heterocycles. The van der Waals surface area contributed by atoms with Gasteiger partial charge >= 0.3 is 5.97 Å². The highest BCUT2D eigenvalue weighted by molar-refractivity contribution is 5.88. The minimum absolute atomic E-state index is 0.0428. The maximum Gasteiger partial charge on any atom is 0.326 e. The van der Waals surface area contributed by atoms with Crippen LogP contribution in [0.4, 0.5) is 8.78 Å². The number of amides is 1. The van der Waals surface area contributed by atoms with Crippen LogP contribution in [0, 0.1) is 0 Å². The van der Waals surface area contributed by atoms with Crippen molar-refractivity contribution in [1.29, 1.82) is 0 Å². The molecular weight excluding hydrogens is 480 g/mol. The Morgan fingerprint density at radius 1 is 0.973 bits per heavy atom. The van der Waals surface area contributed by atoms with Gasteiger partial charge in [-0.1, -0.05) is 72.8 Å². The van der Waals surface area contributed by atoms with Gasteiger partial charge in [-0.25, -0.2) is 13.6 Å². The second-order valence-electron chi connectivity index (χ2n) is 9.51. The number of hydrogen-bond acceptors (Lipinski definition) is 4. The van der Waals surface area contributed by atoms with E-state index >= 15 is 0 Å². The predicted octanol–water partition coefficient (Wildman–Crippen LogP) is 5.16. The van der Waals surface area contributed by atoms with Crippen LogP contribution in [0.25, 0.3) is 0 Å². The quantitative estimate of drug-likeness (QED) is 0.456. The fourth-order valence-electron chi connectivity index (χ4n) is 4.86. The number of nitrogens with zero attached hydrogens (tertiary/aromatic N) is 1. The highest BCUT2D eigenvalue weighted by atomic mass is 19.3. The molecule has 1 aliphatic carbocycles. The SMILES string of the molecule is O=C(O)[C@H]1Cc2c(cccc2OCc2ccccc2)CN1C(=O)[C@H](OC1CC(F)(F)C1)c1ccccc1. The molecule has 1 heterocycles. The van der Waals surface area contributed by atoms with Crippen molar-refractivity contribution in [2.24, 2.45) is 0 Å². The van der Waals surface area contributed by atoms with E-state index in [0.717, 1.165) is 16.7 Å². The lowest BCUT2D eigenvalue weighted by atomic mass is 9.90. The van der Waals surface area contributed by atoms with Crippen LogP contribution < -0.4 is 4.74 Å². The van der Waals surface area contributed by atoms with Gasteiger partial charge in [0.25, 0.3) is 11.8 Å². The normalized spacial score (nSPS) is 19.4. The maximum absolute atomic E-state index is 13.8. The van der Waals surface area contributed by atoms with Crippen LogP contribution >= 0.6 is 0 Å². The van der Waals surface area contributed by atoms with Crippen molar-refractivity contribution in [2.45, 2.75) is 56.6 Å². The van der Waals surface area contributed by atoms with Gasteiger partial charge in [-0.3, -0.25) is 4.79 Å². The van der Waals surface area contributed by atoms with Crippen LogP contribution in [0.15, 0.2) is 78.9 Å². The number of rotatable bonds is 8. The predicted molar refractivity (Wildman–Crippen MR) is 131 cm³/mol. The molecule has 1 saturated carbocycles. The molecule has 192 valence electrons. The standard InChI is InChI=1S/C29H27F2NO5/c30-29(31)15-22(16-29)37-26(20-10-5-2-6-11-20)27(33)32-17-21-12-7-13-25(23(21)14-24(32)28(34)35)36-18-19-8-3-1-4-9-19/h1-13,22,24,26H,14-18H2,(H,34,35)/t24-,26-/m1/s1. The monoisotopic (exact) mass is 507 g/mol. The third-order valence-corrected chi connectivity index (χ3v) is 6.86. The second-order valence-corrected chi connectivity index (χ2v) is 9.51. The first-order valence-electron chi connectivity index (χ1n) is 12.2. The zero-order chi connectivity index (χ0) is 26.0. The molecular formula is C29H27F2NO5. The van der Waals surface area contributed by atoms with E-state index in [4.69, 9.17) is 9.47 Å². The number of hydrogen-bond donors (Lipinski definition) is 1. The van der Waals surface area contributed by atoms with Crippen molar-refractivity contribution in [3.05, 3.63) is 101 Å². The van der Waals surface area contributed by atoms with Gasteiger partial charge in [0.15, 0.2) is 6.10 Å². The molecule has 6 nitrogen and oxygen atoms in total. The van der Waals surface area contributed by atoms with Crippen LogP contribution in [0.3, 0.4) is 0 Å². The molecule has 1 N–H and O–H groups in total. The van der Waals surface area contributed by atoms with Crippen LogP contribution in [-0.4, -0.2) is 40.0 Å². The largest absolute Gasteiger partial charge is 0.489 e. The molecule has 2 aliphatic rings. The van der Waals surface area contributed by atoms with Crippen LogP contribution in [-0.2, 0) is 33.9 Å². The zero-order valence-electron chi connectivity index (χ0n) is 20.1. The summed E-state index contributed by atoms with van der Waals surface area (Å²) in [6, 6.07) is 22.5. The number of benzene rings is 3. The molecule has 0 aromatic heterocycles. The van der Waals surface area contributed by atoms with Crippen LogP contribution in [0.1, 0.15) is 41.2 Å². The summed E-state index contributed by atoms with van der Waals surface area (Å²) in [6.45, 7) is 0.370. The number of carbonyl (C=O) groups excluding carboxylic acids is 1. The number of carboxylic acid groups (broad SMARTS) is 1. The first-order valence-corrected chi connectivity index (χ1v) is 12.2. The Balaban J connectivity index is 1.40. The van der Waals surface area contributed by atoms with Crippen molar-refractivity contribution in [2.75, 3.05) is 0 Å². The molecule has 37 heavy (non-hydrogen) atoms. The Labute approximate surface area is 213 Å². The van der Waals surface area contributed by atoms with Gasteiger partial charge in [0, 0.05) is 31.4 Å². The molecule has 2 atom stereocenters. The van der Waals surface area contributed by atoms with Crippen molar-refractivity contribution in [3.63, 3.8) is 0 Å². The van der Waals surface area contributed by atoms with E-state index in [-0.39, 0.29) is 13.0 Å². The molecule has 0 saturated heterocycles. The van der Waals surface area contributed by atoms with Crippen molar-refractivity contribution in [1.82, 2.24) is 4.90 Å². The Kier molecular flexibility index (Phi) is 6.93. The van der Waals surface area contributed by atoms with Gasteiger partial charge in [-0.05, 0) is 22.8 Å². The number of fused-ring (bicyclic) bond motifs is 1. The van der Waals surface area contributed by atoms with Gasteiger partial charge in [-0.15, -0.1) is 0 Å². The summed E-state index contributed by atoms with van der Waals surface area (Å²) in [6.07, 6.45) is -2.82. The number of ether oxygens (including phenoxy) is 2. The van der Waals surface area contributed by atoms with Crippen molar-refractivity contribution < 1.29 is 33.0 Å². The number of aliphatic carboxylic acids is 1. The van der Waals surface area contributed by atoms with E-state index < -0.39 is 48.9 Å². The Bertz CT molecular complexity index is 1260. The molecule has 3 aromatic rings. The van der Waals surface area contributed by atoms with Crippen molar-refractivity contribution >= 4 is 11.9 Å². The second kappa shape index (κ2) is 10.3. The summed E-state index contributed by atoms with van der Waals surface area (Å²) in [7, 11) is 0. The lowest BCUT2D eigenvalue weighted by Crippen LogP contribution is -2.51. The highest BCUT2D eigenvalue weighted by Gasteiger charge is 2.48. The first kappa shape index (κ1) is 24.9. The number of carbonyl (C=O) groups is 2. The molecule has 3 aromatic carbocycles. The minimum atomic E-state index is -2.81. The Morgan fingerprint density at radius 3 is 2.30 bits per heavy atom. The molecule has 1 fully saturated rings. The summed E-state index contributed by atoms with van der Waals surface area (Å²) in [5.74, 6) is -3.94. The van der Waals surface area contributed by atoms with E-state index in [1.54, 1.807) is 36.4 Å². The summed E-state index contributed by atoms with van der Waals surface area (Å²) in [5, 5.41) is 10.1. The lowest BCUT2D eigenvalue weighted by Gasteiger charge is -2.40. The summed E-state index contributed by atoms with van der Waals surface area (Å²) < 4.78 is 38.8. The summed E-state index contributed by atoms with van der Waals surface area (Å²) in [5.41, 5.74) is 2.99. The molecule has 5 rings (SSSR count). The average molecular weight is 508 g/mol. The number of halogens is 2. The number of alkyl halides is 2. The first-order chi connectivity index (χ1) is 17.8. The third-order valence-electron chi connectivity index (χ3n) is 6.86. The lowest BCUT2D eigenvalue weighted by molar-refractivity contribution is -0.193. The topological polar surface area (TPSA) is 76.1 Å². The minimum Gasteiger partial charge on any atom is -0.489 e. The molecule has 0 radical (unpaired) electrons. The van der Waals surface area contributed by atoms with Gasteiger partial charge in [0.05, 0.1) is 6.10 Å². The van der Waals surface area contributed by atoms with E-state index in [1.807, 2.05) is 42.5 Å². The Morgan fingerprint density at radius 2 is 1.65 bits per heavy atom. The van der Waals surface area contributed by atoms with Gasteiger partial charge in [0.2, 0.25) is 0 Å². The summed E-state index contributed by atoms with van der Waals surface area (Å²) in [4.78, 5) is 27.4.